The number of hydrogen-bond acceptors (Lipinski definition) is 2. The minimum Gasteiger partial charge on any atom is -0.299 e. The number of hydrogen-bond donors (Lipinski definition) is 0. The maximum Gasteiger partial charge on any atom is 0.144 e. The molecule has 2 nitrogen and oxygen atoms in total. The molecule has 1 atom stereocenters. The Kier molecular flexibility index (Phi) is 3.93. The van der Waals surface area contributed by atoms with Crippen molar-refractivity contribution in [2.24, 2.45) is 5.92 Å². The van der Waals surface area contributed by atoms with Crippen LogP contribution in [0.3, 0.4) is 0 Å². The molecule has 1 saturated carbocycles. The third kappa shape index (κ3) is 2.50. The lowest BCUT2D eigenvalue weighted by molar-refractivity contribution is -0.134. The van der Waals surface area contributed by atoms with Gasteiger partial charge in [0.05, 0.1) is 5.92 Å². The first-order chi connectivity index (χ1) is 10.6. The van der Waals surface area contributed by atoms with E-state index in [1.807, 2.05) is 36.4 Å². The molecule has 1 aliphatic carbocycles. The van der Waals surface area contributed by atoms with Crippen LogP contribution < -0.4 is 0 Å². The highest BCUT2D eigenvalue weighted by Gasteiger charge is 2.43. The van der Waals surface area contributed by atoms with Crippen molar-refractivity contribution < 1.29 is 9.59 Å². The molecule has 2 heteroatoms. The summed E-state index contributed by atoms with van der Waals surface area (Å²) in [6, 6.07) is 20.4. The van der Waals surface area contributed by atoms with Crippen LogP contribution in [0.15, 0.2) is 60.7 Å². The molecule has 0 aliphatic heterocycles. The summed E-state index contributed by atoms with van der Waals surface area (Å²) in [6.45, 7) is 1.53. The first-order valence-corrected chi connectivity index (χ1v) is 7.78. The predicted molar refractivity (Wildman–Crippen MR) is 86.7 cm³/mol. The highest BCUT2D eigenvalue weighted by Crippen LogP contribution is 2.45. The van der Waals surface area contributed by atoms with E-state index in [0.717, 1.165) is 17.5 Å². The van der Waals surface area contributed by atoms with Crippen LogP contribution >= 0.6 is 0 Å². The van der Waals surface area contributed by atoms with Gasteiger partial charge in [-0.2, -0.15) is 0 Å². The maximum absolute atomic E-state index is 12.6. The zero-order valence-electron chi connectivity index (χ0n) is 12.8. The molecule has 0 heterocycles. The lowest BCUT2D eigenvalue weighted by Crippen LogP contribution is -2.40. The van der Waals surface area contributed by atoms with E-state index in [4.69, 9.17) is 0 Å². The quantitative estimate of drug-likeness (QED) is 0.803. The molecule has 1 aliphatic rings. The minimum absolute atomic E-state index is 0.000256. The Morgan fingerprint density at radius 2 is 1.45 bits per heavy atom. The van der Waals surface area contributed by atoms with Crippen LogP contribution in [-0.4, -0.2) is 11.6 Å². The average Bonchev–Trinajstić information content (AvgIpc) is 2.56. The van der Waals surface area contributed by atoms with Crippen molar-refractivity contribution in [2.45, 2.75) is 31.6 Å². The number of benzene rings is 2. The van der Waals surface area contributed by atoms with E-state index in [-0.39, 0.29) is 17.0 Å². The summed E-state index contributed by atoms with van der Waals surface area (Å²) in [5, 5.41) is 0. The van der Waals surface area contributed by atoms with E-state index in [1.165, 1.54) is 6.92 Å². The predicted octanol–water partition coefficient (Wildman–Crippen LogP) is 3.93. The molecule has 1 unspecified atom stereocenters. The fraction of sp³-hybridized carbons (Fsp3) is 0.300. The molecule has 2 aromatic rings. The molecule has 2 aromatic carbocycles. The van der Waals surface area contributed by atoms with Gasteiger partial charge in [0.2, 0.25) is 0 Å². The molecule has 112 valence electrons. The summed E-state index contributed by atoms with van der Waals surface area (Å²) < 4.78 is 0. The van der Waals surface area contributed by atoms with E-state index < -0.39 is 5.92 Å². The van der Waals surface area contributed by atoms with Crippen molar-refractivity contribution in [3.8, 4) is 0 Å². The second-order valence-corrected chi connectivity index (χ2v) is 6.16. The van der Waals surface area contributed by atoms with Crippen LogP contribution in [0, 0.1) is 5.92 Å². The van der Waals surface area contributed by atoms with Crippen LogP contribution in [0.4, 0.5) is 0 Å². The SMILES string of the molecule is CC(=O)C1CCC(c2ccccc2)(c2ccccc2)CC1=O. The van der Waals surface area contributed by atoms with E-state index in [0.29, 0.717) is 12.8 Å². The molecule has 0 bridgehead atoms. The molecule has 3 rings (SSSR count). The van der Waals surface area contributed by atoms with Crippen LogP contribution in [0.25, 0.3) is 0 Å². The molecule has 22 heavy (non-hydrogen) atoms. The molecule has 0 spiro atoms. The Labute approximate surface area is 131 Å². The van der Waals surface area contributed by atoms with Crippen molar-refractivity contribution in [3.05, 3.63) is 71.8 Å². The molecular weight excluding hydrogens is 272 g/mol. The molecule has 0 saturated heterocycles. The minimum atomic E-state index is -0.416. The Hall–Kier alpha value is -2.22. The lowest BCUT2D eigenvalue weighted by atomic mass is 9.62. The zero-order chi connectivity index (χ0) is 15.6. The average molecular weight is 292 g/mol. The highest BCUT2D eigenvalue weighted by atomic mass is 16.1. The second-order valence-electron chi connectivity index (χ2n) is 6.16. The van der Waals surface area contributed by atoms with E-state index >= 15 is 0 Å². The topological polar surface area (TPSA) is 34.1 Å². The van der Waals surface area contributed by atoms with Crippen LogP contribution in [0.1, 0.15) is 37.3 Å². The van der Waals surface area contributed by atoms with Crippen molar-refractivity contribution in [1.29, 1.82) is 0 Å². The standard InChI is InChI=1S/C20H20O2/c1-15(21)18-12-13-20(14-19(18)22,16-8-4-2-5-9-16)17-10-6-3-7-11-17/h2-11,18H,12-14H2,1H3. The molecule has 0 aromatic heterocycles. The van der Waals surface area contributed by atoms with E-state index in [2.05, 4.69) is 24.3 Å². The number of rotatable bonds is 3. The van der Waals surface area contributed by atoms with Gasteiger partial charge in [0.25, 0.3) is 0 Å². The largest absolute Gasteiger partial charge is 0.299 e. The summed E-state index contributed by atoms with van der Waals surface area (Å²) in [6.07, 6.45) is 1.88. The van der Waals surface area contributed by atoms with Gasteiger partial charge in [-0.25, -0.2) is 0 Å². The van der Waals surface area contributed by atoms with Gasteiger partial charge in [-0.1, -0.05) is 60.7 Å². The summed E-state index contributed by atoms with van der Waals surface area (Å²) in [4.78, 5) is 24.2. The number of ketones is 2. The van der Waals surface area contributed by atoms with Crippen molar-refractivity contribution in [2.75, 3.05) is 0 Å². The lowest BCUT2D eigenvalue weighted by Gasteiger charge is -2.40. The van der Waals surface area contributed by atoms with Crippen LogP contribution in [-0.2, 0) is 15.0 Å². The zero-order valence-corrected chi connectivity index (χ0v) is 12.8. The van der Waals surface area contributed by atoms with Gasteiger partial charge >= 0.3 is 0 Å². The smallest absolute Gasteiger partial charge is 0.144 e. The van der Waals surface area contributed by atoms with Gasteiger partial charge in [0, 0.05) is 11.8 Å². The third-order valence-electron chi connectivity index (χ3n) is 4.87. The first-order valence-electron chi connectivity index (χ1n) is 7.78. The maximum atomic E-state index is 12.6. The summed E-state index contributed by atoms with van der Waals surface area (Å²) in [5.74, 6) is -0.341. The summed E-state index contributed by atoms with van der Waals surface area (Å²) >= 11 is 0. The normalized spacial score (nSPS) is 20.6. The molecule has 0 N–H and O–H groups in total. The van der Waals surface area contributed by atoms with Crippen molar-refractivity contribution in [3.63, 3.8) is 0 Å². The fourth-order valence-corrected chi connectivity index (χ4v) is 3.66. The van der Waals surface area contributed by atoms with E-state index in [9.17, 15) is 9.59 Å². The Morgan fingerprint density at radius 1 is 0.955 bits per heavy atom. The summed E-state index contributed by atoms with van der Waals surface area (Å²) in [5.41, 5.74) is 2.03. The third-order valence-corrected chi connectivity index (χ3v) is 4.87. The van der Waals surface area contributed by atoms with Gasteiger partial charge in [-0.15, -0.1) is 0 Å². The van der Waals surface area contributed by atoms with Gasteiger partial charge in [-0.3, -0.25) is 9.59 Å². The van der Waals surface area contributed by atoms with E-state index in [1.54, 1.807) is 0 Å². The fourth-order valence-electron chi connectivity index (χ4n) is 3.66. The van der Waals surface area contributed by atoms with Crippen molar-refractivity contribution in [1.82, 2.24) is 0 Å². The molecular formula is C20H20O2. The number of carbonyl (C=O) groups is 2. The molecule has 0 amide bonds. The second kappa shape index (κ2) is 5.88. The number of Topliss-reactive ketones (excluding diaryl/α,β-unsaturated/α-hetero) is 2. The van der Waals surface area contributed by atoms with Gasteiger partial charge in [0.1, 0.15) is 11.6 Å². The summed E-state index contributed by atoms with van der Waals surface area (Å²) in [7, 11) is 0. The first kappa shape index (κ1) is 14.7. The Morgan fingerprint density at radius 3 is 1.86 bits per heavy atom. The van der Waals surface area contributed by atoms with Crippen molar-refractivity contribution >= 4 is 11.6 Å². The highest BCUT2D eigenvalue weighted by molar-refractivity contribution is 6.02. The molecule has 1 fully saturated rings. The van der Waals surface area contributed by atoms with Gasteiger partial charge in [0.15, 0.2) is 0 Å². The van der Waals surface area contributed by atoms with Crippen LogP contribution in [0.2, 0.25) is 0 Å². The monoisotopic (exact) mass is 292 g/mol. The Balaban J connectivity index is 2.07. The van der Waals surface area contributed by atoms with Crippen LogP contribution in [0.5, 0.6) is 0 Å². The van der Waals surface area contributed by atoms with Gasteiger partial charge < -0.3 is 0 Å². The number of carbonyl (C=O) groups excluding carboxylic acids is 2. The molecule has 0 radical (unpaired) electrons. The van der Waals surface area contributed by atoms with Gasteiger partial charge in [-0.05, 0) is 30.9 Å². The Bertz CT molecular complexity index is 634.